The summed E-state index contributed by atoms with van der Waals surface area (Å²) in [6, 6.07) is 17.5. The van der Waals surface area contributed by atoms with Gasteiger partial charge in [0.25, 0.3) is 5.75 Å². The highest BCUT2D eigenvalue weighted by Gasteiger charge is 2.24. The van der Waals surface area contributed by atoms with Gasteiger partial charge in [0, 0.05) is 43.5 Å². The zero-order chi connectivity index (χ0) is 17.8. The topological polar surface area (TPSA) is 37.3 Å². The molecule has 4 heteroatoms. The number of nitrogens with one attached hydrogen (secondary N) is 1. The average molecular weight is 353 g/mol. The molecule has 1 aliphatic heterocycles. The van der Waals surface area contributed by atoms with E-state index in [9.17, 15) is 0 Å². The first kappa shape index (κ1) is 17.2. The highest BCUT2D eigenvalue weighted by atomic mass is 16.5. The van der Waals surface area contributed by atoms with Gasteiger partial charge in [0.1, 0.15) is 0 Å². The van der Waals surface area contributed by atoms with Gasteiger partial charge in [0.05, 0.1) is 6.10 Å². The standard InChI is InChI=1S/C22H28N2O2/c1-25-21-12-11-18(15-22(21)26-19-9-5-6-10-19)24-14-13-23-20(16-24)17-7-3-2-4-8-17/h2-4,7-8,11-12,15,19-20,23H,5-6,9-10,13-14,16H2,1H3/p+1/t20-/m0/s1. The summed E-state index contributed by atoms with van der Waals surface area (Å²) in [4.78, 5) is 2.45. The van der Waals surface area contributed by atoms with Crippen molar-refractivity contribution in [3.05, 3.63) is 54.1 Å². The Labute approximate surface area is 156 Å². The molecule has 0 unspecified atom stereocenters. The molecule has 4 nitrogen and oxygen atoms in total. The Morgan fingerprint density at radius 2 is 1.88 bits per heavy atom. The molecule has 2 fully saturated rings. The van der Waals surface area contributed by atoms with Crippen molar-refractivity contribution in [1.29, 1.82) is 0 Å². The van der Waals surface area contributed by atoms with Crippen LogP contribution in [0.1, 0.15) is 37.3 Å². The van der Waals surface area contributed by atoms with Gasteiger partial charge in [-0.25, -0.2) is 0 Å². The van der Waals surface area contributed by atoms with Crippen molar-refractivity contribution in [3.63, 3.8) is 0 Å². The molecule has 2 N–H and O–H groups in total. The summed E-state index contributed by atoms with van der Waals surface area (Å²) in [5, 5.41) is 3.64. The molecule has 4 rings (SSSR count). The van der Waals surface area contributed by atoms with Gasteiger partial charge in [0.2, 0.25) is 5.75 Å². The summed E-state index contributed by atoms with van der Waals surface area (Å²) in [5.74, 6) is 1.89. The Morgan fingerprint density at radius 1 is 1.08 bits per heavy atom. The molecule has 0 amide bonds. The van der Waals surface area contributed by atoms with E-state index in [0.717, 1.165) is 44.0 Å². The molecule has 0 spiro atoms. The number of anilines is 1. The van der Waals surface area contributed by atoms with Crippen LogP contribution in [0.3, 0.4) is 0 Å². The van der Waals surface area contributed by atoms with Crippen LogP contribution in [0.5, 0.6) is 11.5 Å². The van der Waals surface area contributed by atoms with Crippen molar-refractivity contribution in [2.75, 3.05) is 31.6 Å². The molecule has 1 heterocycles. The van der Waals surface area contributed by atoms with E-state index in [2.05, 4.69) is 63.5 Å². The smallest absolute Gasteiger partial charge is 0.297 e. The monoisotopic (exact) mass is 353 g/mol. The van der Waals surface area contributed by atoms with E-state index < -0.39 is 0 Å². The Balaban J connectivity index is 1.52. The molecule has 0 aromatic heterocycles. The molecular formula is C22H29N2O2+. The highest BCUT2D eigenvalue weighted by Crippen LogP contribution is 2.36. The van der Waals surface area contributed by atoms with Gasteiger partial charge in [-0.2, -0.15) is 0 Å². The van der Waals surface area contributed by atoms with E-state index in [4.69, 9.17) is 4.74 Å². The summed E-state index contributed by atoms with van der Waals surface area (Å²) < 4.78 is 10.7. The predicted molar refractivity (Wildman–Crippen MR) is 106 cm³/mol. The van der Waals surface area contributed by atoms with Crippen LogP contribution in [0.25, 0.3) is 0 Å². The maximum atomic E-state index is 6.30. The lowest BCUT2D eigenvalue weighted by molar-refractivity contribution is 0.115. The van der Waals surface area contributed by atoms with Crippen LogP contribution in [-0.2, 0) is 0 Å². The lowest BCUT2D eigenvalue weighted by Crippen LogP contribution is -2.45. The Bertz CT molecular complexity index is 713. The molecule has 0 radical (unpaired) electrons. The van der Waals surface area contributed by atoms with Crippen LogP contribution in [0.15, 0.2) is 48.5 Å². The van der Waals surface area contributed by atoms with Gasteiger partial charge in [-0.1, -0.05) is 30.3 Å². The maximum absolute atomic E-state index is 6.30. The molecule has 2 aromatic carbocycles. The summed E-state index contributed by atoms with van der Waals surface area (Å²) in [6.07, 6.45) is 5.23. The molecule has 1 saturated carbocycles. The first-order chi connectivity index (χ1) is 12.8. The van der Waals surface area contributed by atoms with Crippen LogP contribution < -0.4 is 15.0 Å². The minimum absolute atomic E-state index is 0.353. The second-order valence-electron chi connectivity index (χ2n) is 7.26. The van der Waals surface area contributed by atoms with Gasteiger partial charge in [-0.05, 0) is 37.3 Å². The van der Waals surface area contributed by atoms with E-state index >= 15 is 0 Å². The largest absolute Gasteiger partial charge is 0.582 e. The third kappa shape index (κ3) is 3.80. The fraction of sp³-hybridized carbons (Fsp3) is 0.455. The molecule has 26 heavy (non-hydrogen) atoms. The lowest BCUT2D eigenvalue weighted by Gasteiger charge is -2.35. The van der Waals surface area contributed by atoms with E-state index in [-0.39, 0.29) is 0 Å². The van der Waals surface area contributed by atoms with Crippen LogP contribution in [-0.4, -0.2) is 37.6 Å². The number of benzene rings is 2. The molecular weight excluding hydrogens is 324 g/mol. The minimum Gasteiger partial charge on any atom is -0.582 e. The summed E-state index contributed by atoms with van der Waals surface area (Å²) in [7, 11) is 1.84. The number of aromatic hydroxyl groups is 1. The zero-order valence-electron chi connectivity index (χ0n) is 15.5. The molecule has 0 bridgehead atoms. The zero-order valence-corrected chi connectivity index (χ0v) is 15.5. The number of piperazine rings is 1. The number of hydrogen-bond donors (Lipinski definition) is 1. The second-order valence-corrected chi connectivity index (χ2v) is 7.26. The SMILES string of the molecule is C[OH+]c1ccc(N2CCN[C@H](c3ccccc3)C2)cc1OC1CCCC1. The third-order valence-corrected chi connectivity index (χ3v) is 5.52. The van der Waals surface area contributed by atoms with Crippen molar-refractivity contribution >= 4 is 5.69 Å². The van der Waals surface area contributed by atoms with Crippen LogP contribution >= 0.6 is 0 Å². The predicted octanol–water partition coefficient (Wildman–Crippen LogP) is 4.03. The third-order valence-electron chi connectivity index (χ3n) is 5.52. The Hall–Kier alpha value is -2.20. The van der Waals surface area contributed by atoms with Crippen LogP contribution in [0, 0.1) is 0 Å². The molecule has 1 aliphatic carbocycles. The Kier molecular flexibility index (Phi) is 5.30. The quantitative estimate of drug-likeness (QED) is 0.825. The van der Waals surface area contributed by atoms with Crippen LogP contribution in [0.2, 0.25) is 0 Å². The van der Waals surface area contributed by atoms with Gasteiger partial charge in [-0.3, -0.25) is 0 Å². The summed E-state index contributed by atoms with van der Waals surface area (Å²) in [6.45, 7) is 2.96. The Morgan fingerprint density at radius 3 is 2.65 bits per heavy atom. The maximum Gasteiger partial charge on any atom is 0.297 e. The van der Waals surface area contributed by atoms with Crippen molar-refractivity contribution in [2.45, 2.75) is 37.8 Å². The van der Waals surface area contributed by atoms with E-state index in [1.807, 2.05) is 7.11 Å². The van der Waals surface area contributed by atoms with E-state index in [0.29, 0.717) is 12.1 Å². The average Bonchev–Trinajstić information content (AvgIpc) is 3.22. The van der Waals surface area contributed by atoms with Crippen molar-refractivity contribution < 1.29 is 9.47 Å². The molecule has 1 atom stereocenters. The molecule has 2 aliphatic rings. The van der Waals surface area contributed by atoms with Gasteiger partial charge < -0.3 is 19.7 Å². The van der Waals surface area contributed by atoms with E-state index in [1.165, 1.54) is 24.1 Å². The minimum atomic E-state index is 0.353. The number of rotatable bonds is 5. The summed E-state index contributed by atoms with van der Waals surface area (Å²) in [5.41, 5.74) is 2.58. The summed E-state index contributed by atoms with van der Waals surface area (Å²) >= 11 is 0. The fourth-order valence-electron chi connectivity index (χ4n) is 4.06. The van der Waals surface area contributed by atoms with Crippen molar-refractivity contribution in [3.8, 4) is 11.5 Å². The van der Waals surface area contributed by atoms with Crippen LogP contribution in [0.4, 0.5) is 5.69 Å². The van der Waals surface area contributed by atoms with E-state index in [1.54, 1.807) is 0 Å². The lowest BCUT2D eigenvalue weighted by atomic mass is 10.0. The van der Waals surface area contributed by atoms with Gasteiger partial charge in [0.15, 0.2) is 7.11 Å². The number of ether oxygens (including phenoxy) is 2. The second kappa shape index (κ2) is 8.00. The normalized spacial score (nSPS) is 21.0. The molecule has 2 aromatic rings. The molecule has 1 saturated heterocycles. The molecule has 138 valence electrons. The first-order valence-corrected chi connectivity index (χ1v) is 9.77. The highest BCUT2D eigenvalue weighted by molar-refractivity contribution is 5.57. The van der Waals surface area contributed by atoms with Crippen molar-refractivity contribution in [1.82, 2.24) is 5.32 Å². The van der Waals surface area contributed by atoms with Gasteiger partial charge >= 0.3 is 0 Å². The number of aliphatic hydroxyl groups is 1. The van der Waals surface area contributed by atoms with Crippen molar-refractivity contribution in [2.24, 2.45) is 0 Å². The number of hydrogen-bond acceptors (Lipinski definition) is 3. The van der Waals surface area contributed by atoms with Gasteiger partial charge in [-0.15, -0.1) is 0 Å². The first-order valence-electron chi connectivity index (χ1n) is 9.77. The fourth-order valence-corrected chi connectivity index (χ4v) is 4.06. The number of nitrogens with zero attached hydrogens (tertiary/aromatic N) is 1.